The molecule has 4 nitrogen and oxygen atoms in total. The van der Waals surface area contributed by atoms with Gasteiger partial charge in [-0.15, -0.1) is 11.3 Å². The Morgan fingerprint density at radius 3 is 2.57 bits per heavy atom. The minimum atomic E-state index is -1.37. The lowest BCUT2D eigenvalue weighted by atomic mass is 9.89. The van der Waals surface area contributed by atoms with Crippen molar-refractivity contribution in [3.63, 3.8) is 0 Å². The van der Waals surface area contributed by atoms with E-state index < -0.39 is 17.6 Å². The summed E-state index contributed by atoms with van der Waals surface area (Å²) < 4.78 is 5.78. The topological polar surface area (TPSA) is 72.6 Å². The van der Waals surface area contributed by atoms with E-state index in [1.165, 1.54) is 10.4 Å². The Hall–Kier alpha value is -1.85. The number of ether oxygens (including phenoxy) is 1. The van der Waals surface area contributed by atoms with Crippen LogP contribution in [0, 0.1) is 0 Å². The van der Waals surface area contributed by atoms with Gasteiger partial charge in [-0.25, -0.2) is 0 Å². The number of carbonyl (C=O) groups is 1. The van der Waals surface area contributed by atoms with Crippen molar-refractivity contribution in [2.24, 2.45) is 5.73 Å². The molecule has 1 aromatic heterocycles. The van der Waals surface area contributed by atoms with Crippen molar-refractivity contribution in [1.82, 2.24) is 0 Å². The molecule has 23 heavy (non-hydrogen) atoms. The molecule has 0 amide bonds. The van der Waals surface area contributed by atoms with Crippen molar-refractivity contribution < 1.29 is 14.6 Å². The van der Waals surface area contributed by atoms with E-state index in [1.54, 1.807) is 18.3 Å². The van der Waals surface area contributed by atoms with E-state index >= 15 is 0 Å². The van der Waals surface area contributed by atoms with E-state index in [0.717, 1.165) is 6.42 Å². The lowest BCUT2D eigenvalue weighted by Gasteiger charge is -2.31. The van der Waals surface area contributed by atoms with Crippen LogP contribution in [0.15, 0.2) is 41.8 Å². The lowest BCUT2D eigenvalue weighted by molar-refractivity contribution is -0.147. The van der Waals surface area contributed by atoms with Crippen molar-refractivity contribution in [3.05, 3.63) is 52.2 Å². The normalized spacial score (nSPS) is 14.9. The van der Waals surface area contributed by atoms with E-state index in [1.807, 2.05) is 37.3 Å². The third kappa shape index (κ3) is 4.33. The highest BCUT2D eigenvalue weighted by Gasteiger charge is 2.40. The van der Waals surface area contributed by atoms with E-state index in [9.17, 15) is 9.90 Å². The fourth-order valence-corrected chi connectivity index (χ4v) is 3.25. The highest BCUT2D eigenvalue weighted by atomic mass is 32.1. The van der Waals surface area contributed by atoms with E-state index in [-0.39, 0.29) is 0 Å². The summed E-state index contributed by atoms with van der Waals surface area (Å²) >= 11 is 1.73. The van der Waals surface area contributed by atoms with Crippen LogP contribution >= 0.6 is 11.3 Å². The van der Waals surface area contributed by atoms with Crippen LogP contribution in [0.3, 0.4) is 0 Å². The molecule has 124 valence electrons. The van der Waals surface area contributed by atoms with Crippen molar-refractivity contribution >= 4 is 17.3 Å². The Bertz CT molecular complexity index is 624. The predicted molar refractivity (Wildman–Crippen MR) is 93.1 cm³/mol. The van der Waals surface area contributed by atoms with Gasteiger partial charge in [-0.2, -0.15) is 0 Å². The molecule has 2 rings (SSSR count). The molecule has 2 unspecified atom stereocenters. The van der Waals surface area contributed by atoms with Gasteiger partial charge in [0.2, 0.25) is 0 Å². The number of carboxylic acid groups (broad SMARTS) is 1. The first-order chi connectivity index (χ1) is 11.0. The Morgan fingerprint density at radius 1 is 1.35 bits per heavy atom. The van der Waals surface area contributed by atoms with Crippen LogP contribution < -0.4 is 10.5 Å². The first-order valence-corrected chi connectivity index (χ1v) is 8.64. The summed E-state index contributed by atoms with van der Waals surface area (Å²) in [5, 5.41) is 11.5. The quantitative estimate of drug-likeness (QED) is 0.773. The molecule has 0 fully saturated rings. The number of rotatable bonds is 8. The summed E-state index contributed by atoms with van der Waals surface area (Å²) in [7, 11) is 0. The second-order valence-corrected chi connectivity index (χ2v) is 6.79. The molecule has 0 saturated heterocycles. The van der Waals surface area contributed by atoms with Crippen molar-refractivity contribution in [2.75, 3.05) is 0 Å². The summed E-state index contributed by atoms with van der Waals surface area (Å²) in [6, 6.07) is 11.9. The number of hydrogen-bond donors (Lipinski definition) is 2. The fraction of sp³-hybridized carbons (Fsp3) is 0.389. The fourth-order valence-electron chi connectivity index (χ4n) is 2.51. The first kappa shape index (κ1) is 17.5. The molecule has 0 aliphatic rings. The zero-order chi connectivity index (χ0) is 16.9. The SMILES string of the molecule is CCCC(N)(C(=O)O)C(C)Oc1ccc(Cc2cccs2)cc1. The second-order valence-electron chi connectivity index (χ2n) is 5.76. The van der Waals surface area contributed by atoms with Crippen LogP contribution in [-0.4, -0.2) is 22.7 Å². The molecule has 0 aliphatic heterocycles. The molecule has 2 aromatic rings. The minimum absolute atomic E-state index is 0.375. The Morgan fingerprint density at radius 2 is 2.04 bits per heavy atom. The number of nitrogens with two attached hydrogens (primary N) is 1. The number of thiophene rings is 1. The third-order valence-electron chi connectivity index (χ3n) is 3.98. The Balaban J connectivity index is 2.03. The molecule has 0 bridgehead atoms. The van der Waals surface area contributed by atoms with Gasteiger partial charge in [-0.1, -0.05) is 31.5 Å². The number of aliphatic carboxylic acids is 1. The maximum Gasteiger partial charge on any atom is 0.327 e. The van der Waals surface area contributed by atoms with Crippen molar-refractivity contribution in [2.45, 2.75) is 44.8 Å². The summed E-state index contributed by atoms with van der Waals surface area (Å²) in [6.07, 6.45) is 1.35. The molecule has 1 aromatic carbocycles. The van der Waals surface area contributed by atoms with Crippen LogP contribution in [0.1, 0.15) is 37.1 Å². The first-order valence-electron chi connectivity index (χ1n) is 7.76. The summed E-state index contributed by atoms with van der Waals surface area (Å²) in [6.45, 7) is 3.62. The molecule has 2 atom stereocenters. The van der Waals surface area contributed by atoms with Gasteiger partial charge in [-0.05, 0) is 42.5 Å². The average molecular weight is 333 g/mol. The molecule has 3 N–H and O–H groups in total. The Labute approximate surface area is 140 Å². The molecular formula is C18H23NO3S. The molecule has 0 aliphatic carbocycles. The predicted octanol–water partition coefficient (Wildman–Crippen LogP) is 3.69. The maximum absolute atomic E-state index is 11.5. The van der Waals surface area contributed by atoms with Crippen LogP contribution in [-0.2, 0) is 11.2 Å². The monoisotopic (exact) mass is 333 g/mol. The van der Waals surface area contributed by atoms with Gasteiger partial charge in [0.25, 0.3) is 0 Å². The summed E-state index contributed by atoms with van der Waals surface area (Å²) in [5.41, 5.74) is 5.86. The molecular weight excluding hydrogens is 310 g/mol. The average Bonchev–Trinajstić information content (AvgIpc) is 3.02. The standard InChI is InChI=1S/C18H23NO3S/c1-3-10-18(19,17(20)21)13(2)22-15-8-6-14(7-9-15)12-16-5-4-11-23-16/h4-9,11,13H,3,10,12,19H2,1-2H3,(H,20,21). The third-order valence-corrected chi connectivity index (χ3v) is 4.86. The molecule has 0 radical (unpaired) electrons. The second kappa shape index (κ2) is 7.62. The molecule has 1 heterocycles. The van der Waals surface area contributed by atoms with E-state index in [0.29, 0.717) is 18.6 Å². The van der Waals surface area contributed by atoms with Gasteiger partial charge < -0.3 is 15.6 Å². The largest absolute Gasteiger partial charge is 0.488 e. The van der Waals surface area contributed by atoms with Gasteiger partial charge in [0, 0.05) is 11.3 Å². The van der Waals surface area contributed by atoms with Crippen LogP contribution in [0.5, 0.6) is 5.75 Å². The summed E-state index contributed by atoms with van der Waals surface area (Å²) in [5.74, 6) is -0.388. The van der Waals surface area contributed by atoms with Gasteiger partial charge in [0.1, 0.15) is 11.9 Å². The van der Waals surface area contributed by atoms with Gasteiger partial charge in [0.15, 0.2) is 5.54 Å². The highest BCUT2D eigenvalue weighted by molar-refractivity contribution is 7.09. The number of carboxylic acids is 1. The van der Waals surface area contributed by atoms with Gasteiger partial charge in [-0.3, -0.25) is 4.79 Å². The Kier molecular flexibility index (Phi) is 5.80. The zero-order valence-corrected chi connectivity index (χ0v) is 14.3. The van der Waals surface area contributed by atoms with Crippen LogP contribution in [0.2, 0.25) is 0 Å². The number of hydrogen-bond acceptors (Lipinski definition) is 4. The van der Waals surface area contributed by atoms with Crippen molar-refractivity contribution in [1.29, 1.82) is 0 Å². The maximum atomic E-state index is 11.5. The van der Waals surface area contributed by atoms with Gasteiger partial charge in [0.05, 0.1) is 0 Å². The van der Waals surface area contributed by atoms with E-state index in [4.69, 9.17) is 10.5 Å². The lowest BCUT2D eigenvalue weighted by Crippen LogP contribution is -2.58. The zero-order valence-electron chi connectivity index (χ0n) is 13.5. The molecule has 5 heteroatoms. The van der Waals surface area contributed by atoms with Crippen LogP contribution in [0.4, 0.5) is 0 Å². The molecule has 0 saturated carbocycles. The number of benzene rings is 1. The highest BCUT2D eigenvalue weighted by Crippen LogP contribution is 2.23. The van der Waals surface area contributed by atoms with Crippen LogP contribution in [0.25, 0.3) is 0 Å². The summed E-state index contributed by atoms with van der Waals surface area (Å²) in [4.78, 5) is 12.8. The van der Waals surface area contributed by atoms with E-state index in [2.05, 4.69) is 11.4 Å². The smallest absolute Gasteiger partial charge is 0.327 e. The van der Waals surface area contributed by atoms with Crippen molar-refractivity contribution in [3.8, 4) is 5.75 Å². The minimum Gasteiger partial charge on any atom is -0.488 e. The van der Waals surface area contributed by atoms with Gasteiger partial charge >= 0.3 is 5.97 Å². The molecule has 0 spiro atoms.